The maximum Gasteiger partial charge on any atom is 0.472 e. The van der Waals surface area contributed by atoms with Gasteiger partial charge in [0.15, 0.2) is 12.2 Å². The van der Waals surface area contributed by atoms with Crippen LogP contribution in [0.5, 0.6) is 0 Å². The third-order valence-electron chi connectivity index (χ3n) is 17.6. The number of esters is 4. The molecule has 0 aliphatic heterocycles. The molecule has 0 spiro atoms. The summed E-state index contributed by atoms with van der Waals surface area (Å²) in [6.45, 7) is 7.31. The van der Waals surface area contributed by atoms with E-state index < -0.39 is 97.5 Å². The van der Waals surface area contributed by atoms with Crippen molar-refractivity contribution in [2.75, 3.05) is 39.6 Å². The van der Waals surface area contributed by atoms with Gasteiger partial charge in [-0.05, 0) is 31.6 Å². The van der Waals surface area contributed by atoms with Crippen molar-refractivity contribution in [1.82, 2.24) is 0 Å². The van der Waals surface area contributed by atoms with Crippen molar-refractivity contribution >= 4 is 39.5 Å². The molecule has 3 unspecified atom stereocenters. The minimum atomic E-state index is -4.95. The molecule has 0 bridgehead atoms. The van der Waals surface area contributed by atoms with E-state index in [1.54, 1.807) is 0 Å². The number of aliphatic hydroxyl groups is 1. The molecule has 0 aromatic rings. The Bertz CT molecular complexity index is 1790. The second-order valence-corrected chi connectivity index (χ2v) is 29.8. The Kier molecular flexibility index (Phi) is 65.9. The number of phosphoric ester groups is 2. The van der Waals surface area contributed by atoms with Crippen molar-refractivity contribution in [3.8, 4) is 0 Å². The second-order valence-electron chi connectivity index (χ2n) is 26.9. The van der Waals surface area contributed by atoms with E-state index in [0.717, 1.165) is 95.8 Å². The number of unbranched alkanes of at least 4 members (excludes halogenated alkanes) is 45. The molecule has 0 aliphatic rings. The van der Waals surface area contributed by atoms with Crippen molar-refractivity contribution in [2.24, 2.45) is 5.92 Å². The summed E-state index contributed by atoms with van der Waals surface area (Å²) in [5, 5.41) is 10.6. The van der Waals surface area contributed by atoms with Gasteiger partial charge in [0.05, 0.1) is 26.4 Å². The number of carbonyl (C=O) groups excluding carboxylic acids is 4. The van der Waals surface area contributed by atoms with Crippen LogP contribution in [0.15, 0.2) is 0 Å². The number of rotatable bonds is 74. The van der Waals surface area contributed by atoms with Crippen LogP contribution in [0.1, 0.15) is 388 Å². The van der Waals surface area contributed by atoms with Crippen LogP contribution >= 0.6 is 15.6 Å². The van der Waals surface area contributed by atoms with E-state index in [2.05, 4.69) is 34.6 Å². The van der Waals surface area contributed by atoms with Gasteiger partial charge in [-0.1, -0.05) is 336 Å². The first-order valence-electron chi connectivity index (χ1n) is 38.7. The Morgan fingerprint density at radius 3 is 0.763 bits per heavy atom. The van der Waals surface area contributed by atoms with E-state index in [9.17, 15) is 43.2 Å². The molecule has 0 aromatic carbocycles. The van der Waals surface area contributed by atoms with Crippen LogP contribution in [-0.2, 0) is 65.4 Å². The number of hydrogen-bond donors (Lipinski definition) is 3. The fourth-order valence-corrected chi connectivity index (χ4v) is 12.9. The fourth-order valence-electron chi connectivity index (χ4n) is 11.3. The molecule has 0 rings (SSSR count). The number of aliphatic hydroxyl groups excluding tert-OH is 1. The normalized spacial score (nSPS) is 14.3. The average Bonchev–Trinajstić information content (AvgIpc) is 2.87. The summed E-state index contributed by atoms with van der Waals surface area (Å²) in [6, 6.07) is 0. The Morgan fingerprint density at radius 2 is 0.516 bits per heavy atom. The van der Waals surface area contributed by atoms with Crippen molar-refractivity contribution in [3.63, 3.8) is 0 Å². The van der Waals surface area contributed by atoms with E-state index in [1.165, 1.54) is 212 Å². The molecule has 0 aromatic heterocycles. The molecule has 0 aliphatic carbocycles. The Hall–Kier alpha value is -1.94. The van der Waals surface area contributed by atoms with Crippen LogP contribution in [0, 0.1) is 5.92 Å². The van der Waals surface area contributed by atoms with Gasteiger partial charge < -0.3 is 33.8 Å². The molecule has 0 saturated carbocycles. The molecular weight excluding hydrogens is 1220 g/mol. The molecule has 93 heavy (non-hydrogen) atoms. The predicted octanol–water partition coefficient (Wildman–Crippen LogP) is 21.7. The SMILES string of the molecule is CCCCCCCCCCCCCCCCCC(=O)O[C@H](COC(=O)CCCCCCCCCCCCC(C)CC)COP(=O)(O)OC[C@@H](O)COP(=O)(O)OC[C@@H](COC(=O)CCCCCCCCCCCCCC)OC(=O)CCCCCCCCCCCCCC. The summed E-state index contributed by atoms with van der Waals surface area (Å²) in [4.78, 5) is 72.8. The quantitative estimate of drug-likeness (QED) is 0.0222. The number of hydrogen-bond acceptors (Lipinski definition) is 15. The lowest BCUT2D eigenvalue weighted by Crippen LogP contribution is -2.30. The van der Waals surface area contributed by atoms with Crippen molar-refractivity contribution < 1.29 is 80.2 Å². The van der Waals surface area contributed by atoms with Crippen LogP contribution in [0.3, 0.4) is 0 Å². The van der Waals surface area contributed by atoms with Gasteiger partial charge in [0.25, 0.3) is 0 Å². The van der Waals surface area contributed by atoms with Gasteiger partial charge in [0.2, 0.25) is 0 Å². The fraction of sp³-hybridized carbons (Fsp3) is 0.946. The number of phosphoric acid groups is 2. The highest BCUT2D eigenvalue weighted by atomic mass is 31.2. The Balaban J connectivity index is 5.26. The van der Waals surface area contributed by atoms with Gasteiger partial charge >= 0.3 is 39.5 Å². The largest absolute Gasteiger partial charge is 0.472 e. The molecule has 0 radical (unpaired) electrons. The van der Waals surface area contributed by atoms with E-state index in [1.807, 2.05) is 0 Å². The summed E-state index contributed by atoms with van der Waals surface area (Å²) in [7, 11) is -9.91. The first kappa shape index (κ1) is 91.1. The first-order valence-corrected chi connectivity index (χ1v) is 41.7. The lowest BCUT2D eigenvalue weighted by molar-refractivity contribution is -0.161. The van der Waals surface area contributed by atoms with Gasteiger partial charge in [0.1, 0.15) is 19.3 Å². The molecular formula is C74H144O17P2. The van der Waals surface area contributed by atoms with Gasteiger partial charge in [-0.15, -0.1) is 0 Å². The van der Waals surface area contributed by atoms with Crippen LogP contribution in [0.25, 0.3) is 0 Å². The Labute approximate surface area is 568 Å². The van der Waals surface area contributed by atoms with Crippen LogP contribution < -0.4 is 0 Å². The van der Waals surface area contributed by atoms with Gasteiger partial charge in [-0.25, -0.2) is 9.13 Å². The third-order valence-corrected chi connectivity index (χ3v) is 19.5. The summed E-state index contributed by atoms with van der Waals surface area (Å²) in [6.07, 6.45) is 55.2. The summed E-state index contributed by atoms with van der Waals surface area (Å²) >= 11 is 0. The van der Waals surface area contributed by atoms with Crippen LogP contribution in [0.2, 0.25) is 0 Å². The topological polar surface area (TPSA) is 237 Å². The smallest absolute Gasteiger partial charge is 0.462 e. The van der Waals surface area contributed by atoms with Crippen molar-refractivity contribution in [2.45, 2.75) is 406 Å². The predicted molar refractivity (Wildman–Crippen MR) is 377 cm³/mol. The minimum Gasteiger partial charge on any atom is -0.462 e. The first-order chi connectivity index (χ1) is 45.1. The molecule has 0 saturated heterocycles. The maximum atomic E-state index is 13.1. The third kappa shape index (κ3) is 67.0. The average molecular weight is 1370 g/mol. The van der Waals surface area contributed by atoms with Crippen molar-refractivity contribution in [1.29, 1.82) is 0 Å². The molecule has 0 fully saturated rings. The van der Waals surface area contributed by atoms with Crippen LogP contribution in [-0.4, -0.2) is 96.7 Å². The standard InChI is InChI=1S/C74H144O17P2/c1-6-10-13-16-19-22-25-28-29-30-33-40-45-50-55-60-74(79)91-70(64-85-72(77)58-53-48-43-38-35-34-36-41-46-51-56-67(5)9-4)66-89-93(82,83)87-62-68(75)61-86-92(80,81)88-65-69(90-73(78)59-54-49-44-39-32-27-24-21-18-15-12-8-3)63-84-71(76)57-52-47-42-37-31-26-23-20-17-14-11-7-2/h67-70,75H,6-66H2,1-5H3,(H,80,81)(H,82,83)/t67?,68-,69+,70+/m0/s1. The molecule has 0 amide bonds. The molecule has 19 heteroatoms. The van der Waals surface area contributed by atoms with Gasteiger partial charge in [-0.2, -0.15) is 0 Å². The lowest BCUT2D eigenvalue weighted by Gasteiger charge is -2.21. The zero-order chi connectivity index (χ0) is 68.4. The monoisotopic (exact) mass is 1370 g/mol. The van der Waals surface area contributed by atoms with E-state index in [4.69, 9.17) is 37.0 Å². The highest BCUT2D eigenvalue weighted by Crippen LogP contribution is 2.45. The highest BCUT2D eigenvalue weighted by Gasteiger charge is 2.30. The zero-order valence-electron chi connectivity index (χ0n) is 60.4. The molecule has 17 nitrogen and oxygen atoms in total. The van der Waals surface area contributed by atoms with E-state index in [-0.39, 0.29) is 25.7 Å². The van der Waals surface area contributed by atoms with Gasteiger partial charge in [0, 0.05) is 25.7 Å². The highest BCUT2D eigenvalue weighted by molar-refractivity contribution is 7.47. The Morgan fingerprint density at radius 1 is 0.301 bits per heavy atom. The summed E-state index contributed by atoms with van der Waals surface area (Å²) < 4.78 is 68.5. The molecule has 0 heterocycles. The maximum absolute atomic E-state index is 13.1. The van der Waals surface area contributed by atoms with Gasteiger partial charge in [-0.3, -0.25) is 37.3 Å². The molecule has 3 N–H and O–H groups in total. The summed E-state index contributed by atoms with van der Waals surface area (Å²) in [5.74, 6) is -1.30. The van der Waals surface area contributed by atoms with E-state index in [0.29, 0.717) is 25.7 Å². The summed E-state index contributed by atoms with van der Waals surface area (Å²) in [5.41, 5.74) is 0. The molecule has 552 valence electrons. The minimum absolute atomic E-state index is 0.108. The van der Waals surface area contributed by atoms with Crippen LogP contribution in [0.4, 0.5) is 0 Å². The number of ether oxygens (including phenoxy) is 4. The second kappa shape index (κ2) is 67.3. The molecule has 6 atom stereocenters. The lowest BCUT2D eigenvalue weighted by atomic mass is 9.99. The van der Waals surface area contributed by atoms with Crippen molar-refractivity contribution in [3.05, 3.63) is 0 Å². The number of carbonyl (C=O) groups is 4. The zero-order valence-corrected chi connectivity index (χ0v) is 62.2. The van der Waals surface area contributed by atoms with E-state index >= 15 is 0 Å².